The lowest BCUT2D eigenvalue weighted by molar-refractivity contribution is -0.124. The zero-order valence-corrected chi connectivity index (χ0v) is 10.1. The van der Waals surface area contributed by atoms with Crippen LogP contribution in [-0.2, 0) is 4.79 Å². The maximum Gasteiger partial charge on any atom is 0.258 e. The number of primary amides is 1. The van der Waals surface area contributed by atoms with Gasteiger partial charge in [-0.2, -0.15) is 0 Å². The summed E-state index contributed by atoms with van der Waals surface area (Å²) in [5.41, 5.74) is 5.71. The predicted octanol–water partition coefficient (Wildman–Crippen LogP) is 1.00. The van der Waals surface area contributed by atoms with E-state index in [9.17, 15) is 9.90 Å². The fraction of sp³-hybridized carbons (Fsp3) is 0.417. The van der Waals surface area contributed by atoms with Gasteiger partial charge in [-0.15, -0.1) is 0 Å². The minimum absolute atomic E-state index is 0.394. The van der Waals surface area contributed by atoms with Crippen molar-refractivity contribution in [3.05, 3.63) is 23.8 Å². The number of benzene rings is 1. The molecule has 0 radical (unpaired) electrons. The summed E-state index contributed by atoms with van der Waals surface area (Å²) in [6, 6.07) is 5.01. The van der Waals surface area contributed by atoms with Gasteiger partial charge < -0.3 is 20.3 Å². The van der Waals surface area contributed by atoms with Crippen LogP contribution in [0.5, 0.6) is 11.5 Å². The average molecular weight is 239 g/mol. The lowest BCUT2D eigenvalue weighted by atomic mass is 10.1. The number of aliphatic hydroxyl groups is 1. The fourth-order valence-corrected chi connectivity index (χ4v) is 1.34. The molecule has 1 unspecified atom stereocenters. The van der Waals surface area contributed by atoms with Crippen molar-refractivity contribution in [2.75, 3.05) is 7.11 Å². The molecule has 5 nitrogen and oxygen atoms in total. The zero-order valence-electron chi connectivity index (χ0n) is 10.1. The molecule has 0 aliphatic rings. The number of hydrogen-bond donors (Lipinski definition) is 2. The maximum atomic E-state index is 10.9. The van der Waals surface area contributed by atoms with Crippen LogP contribution in [0.25, 0.3) is 0 Å². The van der Waals surface area contributed by atoms with Crippen molar-refractivity contribution in [3.63, 3.8) is 0 Å². The molecular weight excluding hydrogens is 222 g/mol. The third-order valence-corrected chi connectivity index (χ3v) is 2.38. The van der Waals surface area contributed by atoms with Crippen molar-refractivity contribution in [3.8, 4) is 11.5 Å². The number of carbonyl (C=O) groups excluding carboxylic acids is 1. The summed E-state index contributed by atoms with van der Waals surface area (Å²) in [5.74, 6) is 0.413. The Labute approximate surface area is 100 Å². The van der Waals surface area contributed by atoms with Crippen LogP contribution in [0.3, 0.4) is 0 Å². The van der Waals surface area contributed by atoms with Crippen LogP contribution in [-0.4, -0.2) is 24.2 Å². The van der Waals surface area contributed by atoms with Gasteiger partial charge in [-0.25, -0.2) is 0 Å². The molecule has 94 valence electrons. The molecule has 0 saturated heterocycles. The number of nitrogens with two attached hydrogens (primary N) is 1. The molecule has 17 heavy (non-hydrogen) atoms. The molecule has 0 bridgehead atoms. The quantitative estimate of drug-likeness (QED) is 0.803. The predicted molar refractivity (Wildman–Crippen MR) is 62.9 cm³/mol. The Bertz CT molecular complexity index is 403. The minimum Gasteiger partial charge on any atom is -0.497 e. The number of ether oxygens (including phenoxy) is 2. The maximum absolute atomic E-state index is 10.9. The lowest BCUT2D eigenvalue weighted by Crippen LogP contribution is -2.31. The lowest BCUT2D eigenvalue weighted by Gasteiger charge is -2.17. The van der Waals surface area contributed by atoms with Gasteiger partial charge in [-0.3, -0.25) is 4.79 Å². The second kappa shape index (κ2) is 5.54. The molecule has 0 spiro atoms. The highest BCUT2D eigenvalue weighted by Gasteiger charge is 2.16. The Morgan fingerprint density at radius 1 is 1.41 bits per heavy atom. The first kappa shape index (κ1) is 13.3. The van der Waals surface area contributed by atoms with E-state index in [-0.39, 0.29) is 0 Å². The molecule has 2 atom stereocenters. The van der Waals surface area contributed by atoms with Crippen molar-refractivity contribution in [2.45, 2.75) is 26.1 Å². The van der Waals surface area contributed by atoms with Crippen molar-refractivity contribution in [2.24, 2.45) is 5.73 Å². The number of carbonyl (C=O) groups is 1. The van der Waals surface area contributed by atoms with Gasteiger partial charge >= 0.3 is 0 Å². The topological polar surface area (TPSA) is 81.8 Å². The fourth-order valence-electron chi connectivity index (χ4n) is 1.34. The van der Waals surface area contributed by atoms with Crippen LogP contribution >= 0.6 is 0 Å². The number of aliphatic hydroxyl groups excluding tert-OH is 1. The molecule has 1 aromatic rings. The van der Waals surface area contributed by atoms with Crippen LogP contribution in [0.2, 0.25) is 0 Å². The van der Waals surface area contributed by atoms with Crippen LogP contribution in [0, 0.1) is 0 Å². The van der Waals surface area contributed by atoms with Crippen molar-refractivity contribution in [1.82, 2.24) is 0 Å². The van der Waals surface area contributed by atoms with Gasteiger partial charge in [0.25, 0.3) is 5.91 Å². The summed E-state index contributed by atoms with van der Waals surface area (Å²) in [4.78, 5) is 10.9. The minimum atomic E-state index is -0.764. The highest BCUT2D eigenvalue weighted by Crippen LogP contribution is 2.30. The van der Waals surface area contributed by atoms with Gasteiger partial charge in [0.2, 0.25) is 0 Å². The molecule has 0 heterocycles. The van der Waals surface area contributed by atoms with Crippen LogP contribution in [0.1, 0.15) is 25.5 Å². The number of amides is 1. The van der Waals surface area contributed by atoms with E-state index in [1.54, 1.807) is 32.0 Å². The SMILES string of the molecule is COc1ccc([C@H](C)O)c(OC(C)C(N)=O)c1. The average Bonchev–Trinajstić information content (AvgIpc) is 2.28. The first-order valence-electron chi connectivity index (χ1n) is 5.27. The number of methoxy groups -OCH3 is 1. The standard InChI is InChI=1S/C12H17NO4/c1-7(14)10-5-4-9(16-3)6-11(10)17-8(2)12(13)15/h4-8,14H,1-3H3,(H2,13,15)/t7-,8?/m0/s1. The second-order valence-corrected chi connectivity index (χ2v) is 3.74. The summed E-state index contributed by atoms with van der Waals surface area (Å²) in [6.45, 7) is 3.16. The summed E-state index contributed by atoms with van der Waals surface area (Å²) in [6.07, 6.45) is -1.46. The summed E-state index contributed by atoms with van der Waals surface area (Å²) in [7, 11) is 1.53. The van der Waals surface area contributed by atoms with Crippen molar-refractivity contribution >= 4 is 5.91 Å². The highest BCUT2D eigenvalue weighted by molar-refractivity contribution is 5.78. The van der Waals surface area contributed by atoms with Gasteiger partial charge in [0.15, 0.2) is 6.10 Å². The number of rotatable bonds is 5. The van der Waals surface area contributed by atoms with E-state index in [1.807, 2.05) is 0 Å². The van der Waals surface area contributed by atoms with Gasteiger partial charge in [0.05, 0.1) is 13.2 Å². The Morgan fingerprint density at radius 2 is 2.06 bits per heavy atom. The normalized spacial score (nSPS) is 13.9. The Morgan fingerprint density at radius 3 is 2.53 bits per heavy atom. The molecule has 1 amide bonds. The van der Waals surface area contributed by atoms with Crippen LogP contribution < -0.4 is 15.2 Å². The van der Waals surface area contributed by atoms with Gasteiger partial charge in [-0.1, -0.05) is 0 Å². The highest BCUT2D eigenvalue weighted by atomic mass is 16.5. The molecular formula is C12H17NO4. The third kappa shape index (κ3) is 3.35. The molecule has 1 aromatic carbocycles. The van der Waals surface area contributed by atoms with E-state index in [1.165, 1.54) is 7.11 Å². The Kier molecular flexibility index (Phi) is 4.34. The largest absolute Gasteiger partial charge is 0.497 e. The van der Waals surface area contributed by atoms with E-state index >= 15 is 0 Å². The van der Waals surface area contributed by atoms with Crippen molar-refractivity contribution < 1.29 is 19.4 Å². The van der Waals surface area contributed by atoms with Crippen LogP contribution in [0.15, 0.2) is 18.2 Å². The van der Waals surface area contributed by atoms with Gasteiger partial charge in [-0.05, 0) is 26.0 Å². The van der Waals surface area contributed by atoms with E-state index in [4.69, 9.17) is 15.2 Å². The van der Waals surface area contributed by atoms with Crippen LogP contribution in [0.4, 0.5) is 0 Å². The summed E-state index contributed by atoms with van der Waals surface area (Å²) in [5, 5.41) is 9.58. The zero-order chi connectivity index (χ0) is 13.0. The molecule has 0 fully saturated rings. The second-order valence-electron chi connectivity index (χ2n) is 3.74. The molecule has 0 aliphatic carbocycles. The molecule has 0 aliphatic heterocycles. The van der Waals surface area contributed by atoms with E-state index in [2.05, 4.69) is 0 Å². The summed E-state index contributed by atoms with van der Waals surface area (Å²) >= 11 is 0. The first-order chi connectivity index (χ1) is 7.95. The van der Waals surface area contributed by atoms with Gasteiger partial charge in [0, 0.05) is 11.6 Å². The molecule has 0 aromatic heterocycles. The monoisotopic (exact) mass is 239 g/mol. The third-order valence-electron chi connectivity index (χ3n) is 2.38. The molecule has 5 heteroatoms. The molecule has 1 rings (SSSR count). The molecule has 0 saturated carbocycles. The smallest absolute Gasteiger partial charge is 0.258 e. The van der Waals surface area contributed by atoms with Gasteiger partial charge in [0.1, 0.15) is 11.5 Å². The Hall–Kier alpha value is -1.75. The number of hydrogen-bond acceptors (Lipinski definition) is 4. The first-order valence-corrected chi connectivity index (χ1v) is 5.27. The van der Waals surface area contributed by atoms with E-state index in [0.29, 0.717) is 17.1 Å². The Balaban J connectivity index is 3.04. The summed E-state index contributed by atoms with van der Waals surface area (Å²) < 4.78 is 10.4. The van der Waals surface area contributed by atoms with E-state index < -0.39 is 18.1 Å². The van der Waals surface area contributed by atoms with Crippen molar-refractivity contribution in [1.29, 1.82) is 0 Å². The molecule has 3 N–H and O–H groups in total. The van der Waals surface area contributed by atoms with E-state index in [0.717, 1.165) is 0 Å².